The number of thiophene rings is 1. The van der Waals surface area contributed by atoms with Gasteiger partial charge in [0, 0.05) is 6.54 Å². The van der Waals surface area contributed by atoms with Crippen LogP contribution in [0.25, 0.3) is 0 Å². The largest absolute Gasteiger partial charge is 0.477 e. The van der Waals surface area contributed by atoms with Gasteiger partial charge in [0.05, 0.1) is 4.88 Å². The number of hydrogen-bond donors (Lipinski definition) is 2. The highest BCUT2D eigenvalue weighted by Gasteiger charge is 2.17. The van der Waals surface area contributed by atoms with Crippen molar-refractivity contribution in [1.29, 1.82) is 0 Å². The van der Waals surface area contributed by atoms with Gasteiger partial charge >= 0.3 is 5.97 Å². The molecule has 0 atom stereocenters. The van der Waals surface area contributed by atoms with Crippen molar-refractivity contribution < 1.29 is 14.7 Å². The molecule has 0 radical (unpaired) electrons. The Bertz CT molecular complexity index is 421. The summed E-state index contributed by atoms with van der Waals surface area (Å²) in [5, 5.41) is 11.6. The van der Waals surface area contributed by atoms with Gasteiger partial charge < -0.3 is 10.4 Å². The minimum Gasteiger partial charge on any atom is -0.477 e. The lowest BCUT2D eigenvalue weighted by molar-refractivity contribution is 0.0702. The highest BCUT2D eigenvalue weighted by atomic mass is 32.1. The van der Waals surface area contributed by atoms with E-state index >= 15 is 0 Å². The quantitative estimate of drug-likeness (QED) is 0.865. The Labute approximate surface area is 104 Å². The molecule has 1 amide bonds. The molecule has 1 aromatic rings. The van der Waals surface area contributed by atoms with E-state index in [9.17, 15) is 9.59 Å². The van der Waals surface area contributed by atoms with Gasteiger partial charge in [-0.15, -0.1) is 11.3 Å². The lowest BCUT2D eigenvalue weighted by Gasteiger charge is -2.09. The average Bonchev–Trinajstić information content (AvgIpc) is 2.96. The van der Waals surface area contributed by atoms with Crippen LogP contribution in [0, 0.1) is 5.92 Å². The normalized spacial score (nSPS) is 16.0. The van der Waals surface area contributed by atoms with Crippen LogP contribution in [0.15, 0.2) is 12.1 Å². The highest BCUT2D eigenvalue weighted by Crippen LogP contribution is 2.24. The van der Waals surface area contributed by atoms with E-state index in [4.69, 9.17) is 5.11 Å². The number of nitrogens with one attached hydrogen (secondary N) is 1. The Morgan fingerprint density at radius 2 is 1.94 bits per heavy atom. The molecule has 0 spiro atoms. The van der Waals surface area contributed by atoms with Crippen molar-refractivity contribution in [2.24, 2.45) is 5.92 Å². The molecule has 2 rings (SSSR count). The molecular formula is C12H15NO3S. The second-order valence-electron chi connectivity index (χ2n) is 4.33. The van der Waals surface area contributed by atoms with E-state index in [1.165, 1.54) is 31.7 Å². The summed E-state index contributed by atoms with van der Waals surface area (Å²) < 4.78 is 0. The number of aromatic carboxylic acids is 1. The first-order valence-electron chi connectivity index (χ1n) is 5.78. The van der Waals surface area contributed by atoms with Crippen molar-refractivity contribution in [3.63, 3.8) is 0 Å². The van der Waals surface area contributed by atoms with Crippen LogP contribution in [-0.2, 0) is 0 Å². The molecule has 1 fully saturated rings. The highest BCUT2D eigenvalue weighted by molar-refractivity contribution is 7.15. The number of carbonyl (C=O) groups is 2. The minimum absolute atomic E-state index is 0.158. The van der Waals surface area contributed by atoms with Gasteiger partial charge in [-0.1, -0.05) is 12.8 Å². The van der Waals surface area contributed by atoms with Gasteiger partial charge in [0.1, 0.15) is 4.88 Å². The van der Waals surface area contributed by atoms with E-state index in [1.807, 2.05) is 0 Å². The van der Waals surface area contributed by atoms with Crippen LogP contribution in [0.4, 0.5) is 0 Å². The summed E-state index contributed by atoms with van der Waals surface area (Å²) in [7, 11) is 0. The molecule has 17 heavy (non-hydrogen) atoms. The molecule has 5 heteroatoms. The Kier molecular flexibility index (Phi) is 3.78. The van der Waals surface area contributed by atoms with Crippen LogP contribution in [-0.4, -0.2) is 23.5 Å². The summed E-state index contributed by atoms with van der Waals surface area (Å²) in [6.07, 6.45) is 4.88. The van der Waals surface area contributed by atoms with E-state index in [1.54, 1.807) is 6.07 Å². The third kappa shape index (κ3) is 3.06. The van der Waals surface area contributed by atoms with Gasteiger partial charge in [-0.3, -0.25) is 4.79 Å². The lowest BCUT2D eigenvalue weighted by atomic mass is 10.1. The monoisotopic (exact) mass is 253 g/mol. The molecular weight excluding hydrogens is 238 g/mol. The van der Waals surface area contributed by atoms with Crippen molar-refractivity contribution >= 4 is 23.2 Å². The zero-order chi connectivity index (χ0) is 12.3. The van der Waals surface area contributed by atoms with Gasteiger partial charge in [0.15, 0.2) is 0 Å². The van der Waals surface area contributed by atoms with Crippen LogP contribution in [0.3, 0.4) is 0 Å². The topological polar surface area (TPSA) is 66.4 Å². The molecule has 0 aromatic carbocycles. The molecule has 4 nitrogen and oxygen atoms in total. The third-order valence-electron chi connectivity index (χ3n) is 3.07. The van der Waals surface area contributed by atoms with E-state index in [0.29, 0.717) is 17.3 Å². The van der Waals surface area contributed by atoms with Crippen LogP contribution in [0.1, 0.15) is 45.0 Å². The molecule has 0 aliphatic heterocycles. The summed E-state index contributed by atoms with van der Waals surface area (Å²) in [6.45, 7) is 0.707. The summed E-state index contributed by atoms with van der Waals surface area (Å²) >= 11 is 1.02. The lowest BCUT2D eigenvalue weighted by Crippen LogP contribution is -2.27. The number of carboxylic acids is 1. The van der Waals surface area contributed by atoms with Gasteiger partial charge in [-0.25, -0.2) is 4.79 Å². The summed E-state index contributed by atoms with van der Waals surface area (Å²) in [6, 6.07) is 3.04. The number of amides is 1. The molecule has 92 valence electrons. The van der Waals surface area contributed by atoms with Gasteiger partial charge in [-0.2, -0.15) is 0 Å². The number of carboxylic acid groups (broad SMARTS) is 1. The standard InChI is InChI=1S/C12H15NO3S/c14-11(13-7-8-3-1-2-4-8)9-5-6-10(17-9)12(15)16/h5-6,8H,1-4,7H2,(H,13,14)(H,15,16). The molecule has 0 bridgehead atoms. The Morgan fingerprint density at radius 1 is 1.29 bits per heavy atom. The Balaban J connectivity index is 1.87. The van der Waals surface area contributed by atoms with Crippen molar-refractivity contribution in [3.8, 4) is 0 Å². The molecule has 1 aromatic heterocycles. The molecule has 0 saturated heterocycles. The maximum atomic E-state index is 11.7. The SMILES string of the molecule is O=C(O)c1ccc(C(=O)NCC2CCCC2)s1. The fraction of sp³-hybridized carbons (Fsp3) is 0.500. The maximum absolute atomic E-state index is 11.7. The summed E-state index contributed by atoms with van der Waals surface area (Å²) in [4.78, 5) is 23.1. The third-order valence-corrected chi connectivity index (χ3v) is 4.14. The van der Waals surface area contributed by atoms with Gasteiger partial charge in [0.2, 0.25) is 0 Å². The average molecular weight is 253 g/mol. The number of hydrogen-bond acceptors (Lipinski definition) is 3. The summed E-state index contributed by atoms with van der Waals surface area (Å²) in [5.74, 6) is -0.544. The van der Waals surface area contributed by atoms with Crippen molar-refractivity contribution in [2.75, 3.05) is 6.54 Å². The maximum Gasteiger partial charge on any atom is 0.345 e. The number of carbonyl (C=O) groups excluding carboxylic acids is 1. The van der Waals surface area contributed by atoms with Crippen LogP contribution in [0.2, 0.25) is 0 Å². The molecule has 1 aliphatic carbocycles. The minimum atomic E-state index is -0.982. The molecule has 2 N–H and O–H groups in total. The molecule has 1 saturated carbocycles. The van der Waals surface area contributed by atoms with E-state index in [2.05, 4.69) is 5.32 Å². The predicted molar refractivity (Wildman–Crippen MR) is 65.6 cm³/mol. The van der Waals surface area contributed by atoms with Crippen LogP contribution in [0.5, 0.6) is 0 Å². The molecule has 1 heterocycles. The summed E-state index contributed by atoms with van der Waals surface area (Å²) in [5.41, 5.74) is 0. The van der Waals surface area contributed by atoms with Crippen molar-refractivity contribution in [1.82, 2.24) is 5.32 Å². The first-order valence-corrected chi connectivity index (χ1v) is 6.60. The zero-order valence-electron chi connectivity index (χ0n) is 9.44. The van der Waals surface area contributed by atoms with Gasteiger partial charge in [0.25, 0.3) is 5.91 Å². The first-order chi connectivity index (χ1) is 8.16. The predicted octanol–water partition coefficient (Wildman–Crippen LogP) is 2.37. The Hall–Kier alpha value is -1.36. The zero-order valence-corrected chi connectivity index (χ0v) is 10.3. The van der Waals surface area contributed by atoms with Crippen molar-refractivity contribution in [3.05, 3.63) is 21.9 Å². The molecule has 0 unspecified atom stereocenters. The second kappa shape index (κ2) is 5.31. The molecule has 1 aliphatic rings. The van der Waals surface area contributed by atoms with Gasteiger partial charge in [-0.05, 0) is 30.9 Å². The smallest absolute Gasteiger partial charge is 0.345 e. The van der Waals surface area contributed by atoms with Crippen LogP contribution < -0.4 is 5.32 Å². The number of rotatable bonds is 4. The second-order valence-corrected chi connectivity index (χ2v) is 5.41. The fourth-order valence-corrected chi connectivity index (χ4v) is 2.87. The fourth-order valence-electron chi connectivity index (χ4n) is 2.11. The van der Waals surface area contributed by atoms with Crippen molar-refractivity contribution in [2.45, 2.75) is 25.7 Å². The van der Waals surface area contributed by atoms with E-state index in [0.717, 1.165) is 11.3 Å². The van der Waals surface area contributed by atoms with Crippen LogP contribution >= 0.6 is 11.3 Å². The van der Waals surface area contributed by atoms with E-state index in [-0.39, 0.29) is 10.8 Å². The van der Waals surface area contributed by atoms with E-state index < -0.39 is 5.97 Å². The first kappa shape index (κ1) is 12.1. The Morgan fingerprint density at radius 3 is 2.53 bits per heavy atom.